The predicted molar refractivity (Wildman–Crippen MR) is 123 cm³/mol. The molecule has 0 bridgehead atoms. The van der Waals surface area contributed by atoms with Crippen molar-refractivity contribution in [1.82, 2.24) is 0 Å². The molecule has 0 saturated heterocycles. The van der Waals surface area contributed by atoms with Gasteiger partial charge in [0.2, 0.25) is 0 Å². The summed E-state index contributed by atoms with van der Waals surface area (Å²) in [5.74, 6) is -0.373. The van der Waals surface area contributed by atoms with Gasteiger partial charge in [-0.15, -0.1) is 0 Å². The first-order valence-corrected chi connectivity index (χ1v) is 10.4. The third-order valence-corrected chi connectivity index (χ3v) is 4.97. The Hall–Kier alpha value is -2.13. The zero-order valence-electron chi connectivity index (χ0n) is 14.9. The Kier molecular flexibility index (Phi) is 8.72. The fraction of sp³-hybridized carbons (Fsp3) is 0.150. The number of ether oxygens (including phenoxy) is 2. The van der Waals surface area contributed by atoms with Crippen molar-refractivity contribution >= 4 is 68.8 Å². The van der Waals surface area contributed by atoms with Crippen LogP contribution in [0.2, 0.25) is 0 Å². The molecule has 0 radical (unpaired) electrons. The molecule has 2 aromatic rings. The lowest BCUT2D eigenvalue weighted by atomic mass is 10.1. The first kappa shape index (κ1) is 22.2. The lowest BCUT2D eigenvalue weighted by molar-refractivity contribution is -0.145. The van der Waals surface area contributed by atoms with E-state index < -0.39 is 11.9 Å². The number of benzene rings is 2. The third-order valence-electron chi connectivity index (χ3n) is 3.37. The molecule has 0 aliphatic carbocycles. The first-order valence-electron chi connectivity index (χ1n) is 8.20. The summed E-state index contributed by atoms with van der Waals surface area (Å²) >= 11 is 4.16. The number of nitrogens with one attached hydrogen (secondary N) is 1. The molecule has 144 valence electrons. The van der Waals surface area contributed by atoms with Gasteiger partial charge in [-0.05, 0) is 88.0 Å². The Labute approximate surface area is 190 Å². The highest BCUT2D eigenvalue weighted by Crippen LogP contribution is 2.30. The van der Waals surface area contributed by atoms with E-state index in [1.165, 1.54) is 6.08 Å². The van der Waals surface area contributed by atoms with Crippen LogP contribution in [0, 0.1) is 18.5 Å². The van der Waals surface area contributed by atoms with Gasteiger partial charge < -0.3 is 14.8 Å². The third kappa shape index (κ3) is 6.49. The lowest BCUT2D eigenvalue weighted by Gasteiger charge is -2.11. The van der Waals surface area contributed by atoms with E-state index in [4.69, 9.17) is 9.47 Å². The molecule has 0 spiro atoms. The van der Waals surface area contributed by atoms with Crippen LogP contribution in [0.4, 0.5) is 5.69 Å². The Morgan fingerprint density at radius 1 is 1.18 bits per heavy atom. The minimum absolute atomic E-state index is 0.0179. The maximum absolute atomic E-state index is 12.3. The van der Waals surface area contributed by atoms with Gasteiger partial charge in [-0.2, -0.15) is 5.26 Å². The molecule has 0 heterocycles. The minimum Gasteiger partial charge on any atom is -0.480 e. The average Bonchev–Trinajstić information content (AvgIpc) is 2.66. The molecule has 0 aliphatic heterocycles. The first-order chi connectivity index (χ1) is 13.4. The van der Waals surface area contributed by atoms with Gasteiger partial charge in [0.15, 0.2) is 6.61 Å². The van der Waals surface area contributed by atoms with E-state index in [-0.39, 0.29) is 12.2 Å². The monoisotopic (exact) mass is 602 g/mol. The van der Waals surface area contributed by atoms with E-state index in [0.29, 0.717) is 23.6 Å². The van der Waals surface area contributed by atoms with Crippen LogP contribution in [0.5, 0.6) is 5.75 Å². The number of carbonyl (C=O) groups is 2. The van der Waals surface area contributed by atoms with Gasteiger partial charge in [0, 0.05) is 5.69 Å². The van der Waals surface area contributed by atoms with Gasteiger partial charge in [0.25, 0.3) is 5.91 Å². The van der Waals surface area contributed by atoms with E-state index in [9.17, 15) is 14.9 Å². The normalized spacial score (nSPS) is 10.7. The topological polar surface area (TPSA) is 88.4 Å². The molecule has 1 N–H and O–H groups in total. The maximum Gasteiger partial charge on any atom is 0.344 e. The molecule has 2 rings (SSSR count). The number of anilines is 1. The number of esters is 1. The lowest BCUT2D eigenvalue weighted by Crippen LogP contribution is -2.15. The van der Waals surface area contributed by atoms with Crippen molar-refractivity contribution < 1.29 is 19.1 Å². The molecule has 2 aromatic carbocycles. The van der Waals surface area contributed by atoms with Gasteiger partial charge in [-0.3, -0.25) is 4.79 Å². The maximum atomic E-state index is 12.3. The van der Waals surface area contributed by atoms with Crippen molar-refractivity contribution in [1.29, 1.82) is 5.26 Å². The molecule has 0 aliphatic rings. The molecular formula is C20H16I2N2O4. The molecule has 6 nitrogen and oxygen atoms in total. The fourth-order valence-corrected chi connectivity index (χ4v) is 4.30. The smallest absolute Gasteiger partial charge is 0.344 e. The largest absolute Gasteiger partial charge is 0.480 e. The van der Waals surface area contributed by atoms with Crippen molar-refractivity contribution in [2.24, 2.45) is 0 Å². The van der Waals surface area contributed by atoms with Crippen LogP contribution in [0.25, 0.3) is 6.08 Å². The molecule has 1 amide bonds. The average molecular weight is 602 g/mol. The van der Waals surface area contributed by atoms with E-state index in [1.807, 2.05) is 12.1 Å². The van der Waals surface area contributed by atoms with E-state index in [2.05, 4.69) is 50.5 Å². The SMILES string of the molecule is CCOC(=O)COc1c(I)cc(/C=C(/C#N)C(=O)Nc2ccccc2)cc1I. The van der Waals surface area contributed by atoms with Crippen LogP contribution in [-0.2, 0) is 14.3 Å². The van der Waals surface area contributed by atoms with E-state index >= 15 is 0 Å². The summed E-state index contributed by atoms with van der Waals surface area (Å²) in [6.07, 6.45) is 1.51. The van der Waals surface area contributed by atoms with Gasteiger partial charge in [-0.25, -0.2) is 4.79 Å². The van der Waals surface area contributed by atoms with Crippen LogP contribution < -0.4 is 10.1 Å². The fourth-order valence-electron chi connectivity index (χ4n) is 2.17. The summed E-state index contributed by atoms with van der Waals surface area (Å²) in [5.41, 5.74) is 1.27. The number of carbonyl (C=O) groups excluding carboxylic acids is 2. The van der Waals surface area contributed by atoms with Gasteiger partial charge >= 0.3 is 5.97 Å². The van der Waals surface area contributed by atoms with Gasteiger partial charge in [-0.1, -0.05) is 18.2 Å². The summed E-state index contributed by atoms with van der Waals surface area (Å²) in [7, 11) is 0. The zero-order chi connectivity index (χ0) is 20.5. The summed E-state index contributed by atoms with van der Waals surface area (Å²) < 4.78 is 11.9. The van der Waals surface area contributed by atoms with Crippen molar-refractivity contribution in [3.05, 3.63) is 60.7 Å². The molecule has 0 atom stereocenters. The number of nitriles is 1. The second kappa shape index (κ2) is 11.0. The second-order valence-electron chi connectivity index (χ2n) is 5.40. The number of rotatable bonds is 7. The van der Waals surface area contributed by atoms with Crippen molar-refractivity contribution in [3.8, 4) is 11.8 Å². The number of nitrogens with zero attached hydrogens (tertiary/aromatic N) is 1. The van der Waals surface area contributed by atoms with Crippen molar-refractivity contribution in [3.63, 3.8) is 0 Å². The van der Waals surface area contributed by atoms with E-state index in [0.717, 1.165) is 7.14 Å². The van der Waals surface area contributed by atoms with Crippen LogP contribution >= 0.6 is 45.2 Å². The molecule has 0 unspecified atom stereocenters. The highest BCUT2D eigenvalue weighted by molar-refractivity contribution is 14.1. The summed E-state index contributed by atoms with van der Waals surface area (Å²) in [6.45, 7) is 1.84. The van der Waals surface area contributed by atoms with Crippen LogP contribution in [-0.4, -0.2) is 25.1 Å². The number of para-hydroxylation sites is 1. The van der Waals surface area contributed by atoms with Crippen LogP contribution in [0.1, 0.15) is 12.5 Å². The van der Waals surface area contributed by atoms with E-state index in [1.54, 1.807) is 43.3 Å². The molecule has 0 aromatic heterocycles. The van der Waals surface area contributed by atoms with Gasteiger partial charge in [0.1, 0.15) is 17.4 Å². The second-order valence-corrected chi connectivity index (χ2v) is 7.72. The Morgan fingerprint density at radius 2 is 1.82 bits per heavy atom. The predicted octanol–water partition coefficient (Wildman–Crippen LogP) is 4.38. The quantitative estimate of drug-likeness (QED) is 0.220. The van der Waals surface area contributed by atoms with Crippen LogP contribution in [0.3, 0.4) is 0 Å². The van der Waals surface area contributed by atoms with Crippen molar-refractivity contribution in [2.75, 3.05) is 18.5 Å². The summed E-state index contributed by atoms with van der Waals surface area (Å²) in [6, 6.07) is 14.4. The standard InChI is InChI=1S/C20H16I2N2O4/c1-2-27-18(25)12-28-19-16(21)9-13(10-17(19)22)8-14(11-23)20(26)24-15-6-4-3-5-7-15/h3-10H,2,12H2,1H3,(H,24,26)/b14-8-. The highest BCUT2D eigenvalue weighted by atomic mass is 127. The highest BCUT2D eigenvalue weighted by Gasteiger charge is 2.13. The Bertz CT molecular complexity index is 914. The van der Waals surface area contributed by atoms with Crippen molar-refractivity contribution in [2.45, 2.75) is 6.92 Å². The summed E-state index contributed by atoms with van der Waals surface area (Å²) in [4.78, 5) is 23.8. The molecule has 0 saturated carbocycles. The number of amides is 1. The molecule has 0 fully saturated rings. The summed E-state index contributed by atoms with van der Waals surface area (Å²) in [5, 5.41) is 12.1. The Morgan fingerprint density at radius 3 is 2.39 bits per heavy atom. The molecule has 28 heavy (non-hydrogen) atoms. The number of halogens is 2. The van der Waals surface area contributed by atoms with Crippen LogP contribution in [0.15, 0.2) is 48.0 Å². The zero-order valence-corrected chi connectivity index (χ0v) is 19.2. The molecule has 8 heteroatoms. The number of hydrogen-bond donors (Lipinski definition) is 1. The van der Waals surface area contributed by atoms with Gasteiger partial charge in [0.05, 0.1) is 13.7 Å². The minimum atomic E-state index is -0.485. The molecular weight excluding hydrogens is 586 g/mol. The Balaban J connectivity index is 2.18. The number of hydrogen-bond acceptors (Lipinski definition) is 5.